The van der Waals surface area contributed by atoms with Crippen LogP contribution in [0.3, 0.4) is 0 Å². The highest BCUT2D eigenvalue weighted by atomic mass is 19.1. The standard InChI is InChI=1S/C35H39F2N5O6/c1-3-20-23-13-19(47-17-26-27(36)11-18(12-28(26)37)40-31(43)7-5-6-10-39-35(38)46)8-9-29(23)41-32-24(20)15-42-30(32)14-22-21(4-2)34(45)48-16-25(22)33(42)44/h8-9,11-13,21,30,33,44H,3-7,10,14-17H2,1-2H3,(H,40,43)(H3,38,39,46)/t21-,30?,33?/m1/s1. The molecule has 0 bridgehead atoms. The summed E-state index contributed by atoms with van der Waals surface area (Å²) in [5, 5.41) is 17.2. The van der Waals surface area contributed by atoms with Crippen molar-refractivity contribution in [2.45, 2.75) is 77.8 Å². The van der Waals surface area contributed by atoms with E-state index >= 15 is 0 Å². The fourth-order valence-electron chi connectivity index (χ4n) is 7.09. The SMILES string of the molecule is CCc1c2c(nc3ccc(OCc4c(F)cc(NC(=O)CCCCNC(N)=O)cc4F)cc13)C1CC3=C(COC(=O)[C@@H]3CC)C(O)N1C2. The number of hydrogen-bond donors (Lipinski definition) is 4. The van der Waals surface area contributed by atoms with E-state index in [0.717, 1.165) is 51.0 Å². The summed E-state index contributed by atoms with van der Waals surface area (Å²) in [5.41, 5.74) is 10.2. The van der Waals surface area contributed by atoms with Crippen molar-refractivity contribution < 1.29 is 37.7 Å². The van der Waals surface area contributed by atoms with Crippen LogP contribution in [0.4, 0.5) is 19.3 Å². The Morgan fingerprint density at radius 3 is 2.60 bits per heavy atom. The zero-order valence-corrected chi connectivity index (χ0v) is 26.9. The number of benzene rings is 2. The fourth-order valence-corrected chi connectivity index (χ4v) is 7.09. The highest BCUT2D eigenvalue weighted by Crippen LogP contribution is 2.49. The number of esters is 1. The molecule has 5 N–H and O–H groups in total. The fraction of sp³-hybridized carbons (Fsp3) is 0.429. The Hall–Kier alpha value is -4.62. The zero-order valence-electron chi connectivity index (χ0n) is 26.9. The van der Waals surface area contributed by atoms with Crippen LogP contribution in [0, 0.1) is 17.6 Å². The van der Waals surface area contributed by atoms with Gasteiger partial charge in [0.2, 0.25) is 5.91 Å². The number of hydrogen-bond acceptors (Lipinski definition) is 8. The number of carbonyl (C=O) groups excluding carboxylic acids is 3. The molecule has 0 spiro atoms. The number of unbranched alkanes of at least 4 members (excludes halogenated alkanes) is 1. The lowest BCUT2D eigenvalue weighted by Gasteiger charge is -2.41. The van der Waals surface area contributed by atoms with E-state index in [4.69, 9.17) is 20.2 Å². The van der Waals surface area contributed by atoms with Crippen LogP contribution in [0.1, 0.15) is 74.4 Å². The molecule has 2 unspecified atom stereocenters. The van der Waals surface area contributed by atoms with Gasteiger partial charge in [-0.3, -0.25) is 19.5 Å². The van der Waals surface area contributed by atoms with Gasteiger partial charge in [-0.25, -0.2) is 13.6 Å². The molecule has 2 aromatic carbocycles. The number of anilines is 1. The third-order valence-corrected chi connectivity index (χ3v) is 9.49. The normalized spacial score (nSPS) is 20.2. The second-order valence-electron chi connectivity index (χ2n) is 12.4. The van der Waals surface area contributed by atoms with E-state index in [9.17, 15) is 28.3 Å². The first-order valence-corrected chi connectivity index (χ1v) is 16.3. The maximum atomic E-state index is 15.0. The van der Waals surface area contributed by atoms with Crippen molar-refractivity contribution in [1.29, 1.82) is 0 Å². The van der Waals surface area contributed by atoms with E-state index in [1.165, 1.54) is 0 Å². The lowest BCUT2D eigenvalue weighted by molar-refractivity contribution is -0.150. The number of urea groups is 1. The molecule has 0 saturated heterocycles. The minimum absolute atomic E-state index is 0.00551. The number of nitrogens with zero attached hydrogens (tertiary/aromatic N) is 2. The number of aliphatic hydroxyl groups is 1. The minimum atomic E-state index is -0.872. The van der Waals surface area contributed by atoms with Gasteiger partial charge in [0.25, 0.3) is 0 Å². The Balaban J connectivity index is 1.16. The van der Waals surface area contributed by atoms with Gasteiger partial charge in [-0.05, 0) is 79.1 Å². The number of aromatic nitrogens is 1. The van der Waals surface area contributed by atoms with Gasteiger partial charge in [0.1, 0.15) is 36.8 Å². The summed E-state index contributed by atoms with van der Waals surface area (Å²) in [7, 11) is 0. The van der Waals surface area contributed by atoms with Crippen LogP contribution in [-0.2, 0) is 33.9 Å². The summed E-state index contributed by atoms with van der Waals surface area (Å²) >= 11 is 0. The number of ether oxygens (including phenoxy) is 2. The number of nitrogens with one attached hydrogen (secondary N) is 2. The summed E-state index contributed by atoms with van der Waals surface area (Å²) in [5.74, 6) is -2.31. The van der Waals surface area contributed by atoms with Gasteiger partial charge in [0, 0.05) is 36.2 Å². The van der Waals surface area contributed by atoms with Gasteiger partial charge in [-0.2, -0.15) is 0 Å². The third kappa shape index (κ3) is 6.44. The highest BCUT2D eigenvalue weighted by molar-refractivity contribution is 5.90. The molecule has 0 saturated carbocycles. The number of aliphatic hydroxyl groups excluding tert-OH is 1. The van der Waals surface area contributed by atoms with Gasteiger partial charge < -0.3 is 30.9 Å². The van der Waals surface area contributed by atoms with Gasteiger partial charge >= 0.3 is 12.0 Å². The van der Waals surface area contributed by atoms with Crippen LogP contribution in [0.5, 0.6) is 5.75 Å². The smallest absolute Gasteiger partial charge is 0.313 e. The van der Waals surface area contributed by atoms with E-state index in [-0.39, 0.29) is 48.8 Å². The molecule has 6 rings (SSSR count). The van der Waals surface area contributed by atoms with Crippen molar-refractivity contribution in [3.8, 4) is 5.75 Å². The molecule has 13 heteroatoms. The Morgan fingerprint density at radius 2 is 1.90 bits per heavy atom. The van der Waals surface area contributed by atoms with Crippen molar-refractivity contribution >= 4 is 34.5 Å². The van der Waals surface area contributed by atoms with E-state index in [1.54, 1.807) is 6.07 Å². The largest absolute Gasteiger partial charge is 0.489 e. The molecule has 0 aliphatic carbocycles. The second-order valence-corrected chi connectivity index (χ2v) is 12.4. The van der Waals surface area contributed by atoms with Gasteiger partial charge in [0.05, 0.1) is 28.7 Å². The topological polar surface area (TPSA) is 156 Å². The maximum absolute atomic E-state index is 15.0. The number of rotatable bonds is 11. The summed E-state index contributed by atoms with van der Waals surface area (Å²) in [6.07, 6.45) is 2.13. The number of cyclic esters (lactones) is 1. The Kier molecular flexibility index (Phi) is 9.61. The number of amides is 3. The molecule has 4 heterocycles. The van der Waals surface area contributed by atoms with Gasteiger partial charge in [-0.15, -0.1) is 0 Å². The maximum Gasteiger partial charge on any atom is 0.313 e. The Morgan fingerprint density at radius 1 is 1.12 bits per heavy atom. The number of pyridine rings is 1. The number of primary amides is 1. The second kappa shape index (κ2) is 13.9. The molecule has 3 aliphatic rings. The first-order valence-electron chi connectivity index (χ1n) is 16.3. The van der Waals surface area contributed by atoms with Crippen LogP contribution in [0.15, 0.2) is 41.5 Å². The first kappa shape index (κ1) is 33.3. The zero-order chi connectivity index (χ0) is 34.1. The van der Waals surface area contributed by atoms with Crippen molar-refractivity contribution in [2.24, 2.45) is 11.7 Å². The third-order valence-electron chi connectivity index (χ3n) is 9.49. The van der Waals surface area contributed by atoms with E-state index < -0.39 is 29.8 Å². The molecule has 3 aromatic rings. The van der Waals surface area contributed by atoms with Crippen molar-refractivity contribution in [3.63, 3.8) is 0 Å². The molecule has 0 fully saturated rings. The predicted octanol–water partition coefficient (Wildman–Crippen LogP) is 4.89. The summed E-state index contributed by atoms with van der Waals surface area (Å²) in [4.78, 5) is 42.4. The molecule has 48 heavy (non-hydrogen) atoms. The average Bonchev–Trinajstić information content (AvgIpc) is 3.41. The number of fused-ring (bicyclic) bond motifs is 4. The molecular formula is C35H39F2N5O6. The number of halogens is 2. The number of aryl methyl sites for hydroxylation is 1. The monoisotopic (exact) mass is 663 g/mol. The minimum Gasteiger partial charge on any atom is -0.489 e. The van der Waals surface area contributed by atoms with Crippen molar-refractivity contribution in [1.82, 2.24) is 15.2 Å². The van der Waals surface area contributed by atoms with Crippen LogP contribution in [0.2, 0.25) is 0 Å². The van der Waals surface area contributed by atoms with E-state index in [2.05, 4.69) is 10.6 Å². The summed E-state index contributed by atoms with van der Waals surface area (Å²) < 4.78 is 41.2. The predicted molar refractivity (Wildman–Crippen MR) is 173 cm³/mol. The number of carbonyl (C=O) groups is 3. The number of nitrogens with two attached hydrogens (primary N) is 1. The van der Waals surface area contributed by atoms with Crippen LogP contribution >= 0.6 is 0 Å². The van der Waals surface area contributed by atoms with E-state index in [1.807, 2.05) is 30.9 Å². The molecule has 0 radical (unpaired) electrons. The summed E-state index contributed by atoms with van der Waals surface area (Å²) in [6.45, 7) is 4.54. The molecule has 3 aliphatic heterocycles. The van der Waals surface area contributed by atoms with Crippen molar-refractivity contribution in [3.05, 3.63) is 75.5 Å². The van der Waals surface area contributed by atoms with Gasteiger partial charge in [0.15, 0.2) is 0 Å². The average molecular weight is 664 g/mol. The van der Waals surface area contributed by atoms with E-state index in [0.29, 0.717) is 50.9 Å². The molecular weight excluding hydrogens is 624 g/mol. The lowest BCUT2D eigenvalue weighted by atomic mass is 9.81. The molecule has 11 nitrogen and oxygen atoms in total. The molecule has 3 atom stereocenters. The quantitative estimate of drug-likeness (QED) is 0.128. The molecule has 3 amide bonds. The van der Waals surface area contributed by atoms with Crippen LogP contribution in [-0.4, -0.2) is 52.3 Å². The van der Waals surface area contributed by atoms with Gasteiger partial charge in [-0.1, -0.05) is 13.8 Å². The van der Waals surface area contributed by atoms with Crippen LogP contribution in [0.25, 0.3) is 10.9 Å². The molecule has 1 aromatic heterocycles. The summed E-state index contributed by atoms with van der Waals surface area (Å²) in [6, 6.07) is 6.65. The van der Waals surface area contributed by atoms with Crippen LogP contribution < -0.4 is 21.1 Å². The Labute approximate surface area is 276 Å². The Bertz CT molecular complexity index is 1790. The first-order chi connectivity index (χ1) is 23.1. The van der Waals surface area contributed by atoms with Crippen molar-refractivity contribution in [2.75, 3.05) is 18.5 Å². The highest BCUT2D eigenvalue weighted by Gasteiger charge is 2.46. The molecule has 254 valence electrons. The lowest BCUT2D eigenvalue weighted by Crippen LogP contribution is -2.45.